The van der Waals surface area contributed by atoms with Crippen LogP contribution >= 0.6 is 11.3 Å². The highest BCUT2D eigenvalue weighted by atomic mass is 32.1. The molecule has 0 fully saturated rings. The van der Waals surface area contributed by atoms with E-state index < -0.39 is 11.5 Å². The molecule has 0 aliphatic carbocycles. The van der Waals surface area contributed by atoms with E-state index in [1.165, 1.54) is 11.3 Å². The van der Waals surface area contributed by atoms with Crippen molar-refractivity contribution in [1.29, 1.82) is 0 Å². The molecule has 0 radical (unpaired) electrons. The van der Waals surface area contributed by atoms with Gasteiger partial charge in [-0.05, 0) is 25.3 Å². The summed E-state index contributed by atoms with van der Waals surface area (Å²) in [5.41, 5.74) is -0.729. The third kappa shape index (κ3) is 3.71. The van der Waals surface area contributed by atoms with Crippen molar-refractivity contribution in [1.82, 2.24) is 5.32 Å². The number of hydrogen-bond donors (Lipinski definition) is 2. The maximum Gasteiger partial charge on any atom is 0.305 e. The summed E-state index contributed by atoms with van der Waals surface area (Å²) in [6, 6.07) is 3.49. The van der Waals surface area contributed by atoms with Crippen LogP contribution in [0.3, 0.4) is 0 Å². The monoisotopic (exact) mass is 227 g/mol. The summed E-state index contributed by atoms with van der Waals surface area (Å²) in [5, 5.41) is 13.1. The molecule has 0 bridgehead atoms. The van der Waals surface area contributed by atoms with Gasteiger partial charge in [0.15, 0.2) is 0 Å². The quantitative estimate of drug-likeness (QED) is 0.823. The Morgan fingerprint density at radius 2 is 2.20 bits per heavy atom. The Kier molecular flexibility index (Phi) is 3.47. The van der Waals surface area contributed by atoms with Crippen molar-refractivity contribution < 1.29 is 14.7 Å². The maximum atomic E-state index is 11.6. The van der Waals surface area contributed by atoms with Gasteiger partial charge in [-0.15, -0.1) is 11.3 Å². The zero-order valence-corrected chi connectivity index (χ0v) is 9.43. The van der Waals surface area contributed by atoms with Crippen LogP contribution in [0.2, 0.25) is 0 Å². The first-order valence-corrected chi connectivity index (χ1v) is 5.36. The number of thiophene rings is 1. The second kappa shape index (κ2) is 4.44. The fourth-order valence-electron chi connectivity index (χ4n) is 1.20. The predicted octanol–water partition coefficient (Wildman–Crippen LogP) is 1.73. The number of rotatable bonds is 4. The molecule has 0 aromatic carbocycles. The molecule has 0 saturated heterocycles. The topological polar surface area (TPSA) is 66.4 Å². The van der Waals surface area contributed by atoms with E-state index in [4.69, 9.17) is 5.11 Å². The molecule has 0 unspecified atom stereocenters. The Labute approximate surface area is 91.9 Å². The molecule has 1 heterocycles. The largest absolute Gasteiger partial charge is 0.481 e. The Balaban J connectivity index is 2.61. The Hall–Kier alpha value is -1.36. The molecule has 0 aliphatic heterocycles. The van der Waals surface area contributed by atoms with Gasteiger partial charge in [-0.3, -0.25) is 9.59 Å². The molecule has 5 heteroatoms. The molecule has 2 N–H and O–H groups in total. The Bertz CT molecular complexity index is 357. The number of amides is 1. The number of aliphatic carboxylic acids is 1. The van der Waals surface area contributed by atoms with Crippen LogP contribution in [0.25, 0.3) is 0 Å². The summed E-state index contributed by atoms with van der Waals surface area (Å²) in [6.07, 6.45) is -0.0931. The van der Waals surface area contributed by atoms with Gasteiger partial charge in [0.25, 0.3) is 5.91 Å². The van der Waals surface area contributed by atoms with Crippen LogP contribution < -0.4 is 5.32 Å². The zero-order valence-electron chi connectivity index (χ0n) is 8.61. The van der Waals surface area contributed by atoms with E-state index in [9.17, 15) is 9.59 Å². The van der Waals surface area contributed by atoms with Gasteiger partial charge in [0.05, 0.1) is 11.3 Å². The number of carboxylic acid groups (broad SMARTS) is 1. The molecule has 1 amide bonds. The number of carboxylic acids is 1. The minimum atomic E-state index is -0.925. The Morgan fingerprint density at radius 3 is 2.67 bits per heavy atom. The van der Waals surface area contributed by atoms with Crippen LogP contribution in [-0.2, 0) is 4.79 Å². The van der Waals surface area contributed by atoms with Crippen LogP contribution in [0, 0.1) is 0 Å². The normalized spacial score (nSPS) is 11.1. The lowest BCUT2D eigenvalue weighted by Gasteiger charge is -2.23. The lowest BCUT2D eigenvalue weighted by atomic mass is 10.0. The van der Waals surface area contributed by atoms with Crippen molar-refractivity contribution >= 4 is 23.2 Å². The van der Waals surface area contributed by atoms with Gasteiger partial charge >= 0.3 is 5.97 Å². The fraction of sp³-hybridized carbons (Fsp3) is 0.400. The lowest BCUT2D eigenvalue weighted by Crippen LogP contribution is -2.44. The SMILES string of the molecule is CC(C)(CC(=O)O)NC(=O)c1cccs1. The highest BCUT2D eigenvalue weighted by Gasteiger charge is 2.24. The molecule has 1 aromatic heterocycles. The van der Waals surface area contributed by atoms with E-state index >= 15 is 0 Å². The molecule has 1 aromatic rings. The number of hydrogen-bond acceptors (Lipinski definition) is 3. The molecule has 1 rings (SSSR count). The fourth-order valence-corrected chi connectivity index (χ4v) is 1.82. The average molecular weight is 227 g/mol. The Morgan fingerprint density at radius 1 is 1.53 bits per heavy atom. The van der Waals surface area contributed by atoms with Crippen LogP contribution in [0.15, 0.2) is 17.5 Å². The van der Waals surface area contributed by atoms with Crippen LogP contribution in [0.5, 0.6) is 0 Å². The van der Waals surface area contributed by atoms with E-state index in [0.717, 1.165) is 0 Å². The van der Waals surface area contributed by atoms with Crippen LogP contribution in [-0.4, -0.2) is 22.5 Å². The van der Waals surface area contributed by atoms with Crippen molar-refractivity contribution in [3.05, 3.63) is 22.4 Å². The second-order valence-electron chi connectivity index (χ2n) is 3.89. The maximum absolute atomic E-state index is 11.6. The van der Waals surface area contributed by atoms with Gasteiger partial charge in [-0.25, -0.2) is 0 Å². The summed E-state index contributed by atoms with van der Waals surface area (Å²) in [7, 11) is 0. The highest BCUT2D eigenvalue weighted by Crippen LogP contribution is 2.13. The number of carbonyl (C=O) groups is 2. The molecule has 82 valence electrons. The van der Waals surface area contributed by atoms with Crippen molar-refractivity contribution in [3.8, 4) is 0 Å². The lowest BCUT2D eigenvalue weighted by molar-refractivity contribution is -0.138. The van der Waals surface area contributed by atoms with Gasteiger partial charge in [0.1, 0.15) is 0 Å². The van der Waals surface area contributed by atoms with E-state index in [0.29, 0.717) is 4.88 Å². The molecule has 0 aliphatic rings. The average Bonchev–Trinajstić information content (AvgIpc) is 2.50. The van der Waals surface area contributed by atoms with E-state index in [1.807, 2.05) is 0 Å². The van der Waals surface area contributed by atoms with Crippen molar-refractivity contribution in [2.24, 2.45) is 0 Å². The van der Waals surface area contributed by atoms with Crippen molar-refractivity contribution in [2.45, 2.75) is 25.8 Å². The predicted molar refractivity (Wildman–Crippen MR) is 58.1 cm³/mol. The first kappa shape index (κ1) is 11.7. The third-order valence-electron chi connectivity index (χ3n) is 1.79. The first-order valence-electron chi connectivity index (χ1n) is 4.48. The summed E-state index contributed by atoms with van der Waals surface area (Å²) >= 11 is 1.33. The van der Waals surface area contributed by atoms with E-state index in [1.54, 1.807) is 31.4 Å². The second-order valence-corrected chi connectivity index (χ2v) is 4.83. The zero-order chi connectivity index (χ0) is 11.5. The smallest absolute Gasteiger partial charge is 0.305 e. The minimum Gasteiger partial charge on any atom is -0.481 e. The van der Waals surface area contributed by atoms with Gasteiger partial charge < -0.3 is 10.4 Å². The van der Waals surface area contributed by atoms with Gasteiger partial charge in [0.2, 0.25) is 0 Å². The van der Waals surface area contributed by atoms with Crippen molar-refractivity contribution in [3.63, 3.8) is 0 Å². The molecule has 4 nitrogen and oxygen atoms in total. The van der Waals surface area contributed by atoms with Gasteiger partial charge in [-0.2, -0.15) is 0 Å². The third-order valence-corrected chi connectivity index (χ3v) is 2.66. The molecule has 15 heavy (non-hydrogen) atoms. The van der Waals surface area contributed by atoms with E-state index in [2.05, 4.69) is 5.32 Å². The molecule has 0 spiro atoms. The molecular weight excluding hydrogens is 214 g/mol. The molecule has 0 saturated carbocycles. The first-order chi connectivity index (χ1) is 6.91. The molecular formula is C10H13NO3S. The molecule has 0 atom stereocenters. The van der Waals surface area contributed by atoms with Gasteiger partial charge in [0, 0.05) is 5.54 Å². The summed E-state index contributed by atoms with van der Waals surface area (Å²) in [4.78, 5) is 22.7. The summed E-state index contributed by atoms with van der Waals surface area (Å²) < 4.78 is 0. The van der Waals surface area contributed by atoms with Gasteiger partial charge in [-0.1, -0.05) is 6.07 Å². The highest BCUT2D eigenvalue weighted by molar-refractivity contribution is 7.12. The van der Waals surface area contributed by atoms with Crippen LogP contribution in [0.4, 0.5) is 0 Å². The van der Waals surface area contributed by atoms with Crippen LogP contribution in [0.1, 0.15) is 29.9 Å². The van der Waals surface area contributed by atoms with Crippen molar-refractivity contribution in [2.75, 3.05) is 0 Å². The minimum absolute atomic E-state index is 0.0931. The number of nitrogens with one attached hydrogen (secondary N) is 1. The number of carbonyl (C=O) groups excluding carboxylic acids is 1. The summed E-state index contributed by atoms with van der Waals surface area (Å²) in [6.45, 7) is 3.37. The summed E-state index contributed by atoms with van der Waals surface area (Å²) in [5.74, 6) is -1.15. The van der Waals surface area contributed by atoms with E-state index in [-0.39, 0.29) is 12.3 Å². The standard InChI is InChI=1S/C10H13NO3S/c1-10(2,6-8(12)13)11-9(14)7-4-3-5-15-7/h3-5H,6H2,1-2H3,(H,11,14)(H,12,13).